The number of nitrogens with one attached hydrogen (secondary N) is 1. The Bertz CT molecular complexity index is 593. The average Bonchev–Trinajstić information content (AvgIpc) is 3.20. The van der Waals surface area contributed by atoms with Crippen LogP contribution in [-0.4, -0.2) is 36.7 Å². The number of aromatic nitrogens is 6. The van der Waals surface area contributed by atoms with Crippen LogP contribution in [0.1, 0.15) is 37.8 Å². The van der Waals surface area contributed by atoms with Crippen LogP contribution < -0.4 is 5.32 Å². The van der Waals surface area contributed by atoms with Crippen molar-refractivity contribution in [2.45, 2.75) is 49.3 Å². The molecule has 106 valence electrons. The van der Waals surface area contributed by atoms with Crippen molar-refractivity contribution in [3.05, 3.63) is 11.8 Å². The van der Waals surface area contributed by atoms with Crippen molar-refractivity contribution in [2.24, 2.45) is 0 Å². The van der Waals surface area contributed by atoms with Crippen LogP contribution in [0.25, 0.3) is 0 Å². The highest BCUT2D eigenvalue weighted by Crippen LogP contribution is 2.38. The molecule has 8 heteroatoms. The number of anilines is 1. The van der Waals surface area contributed by atoms with Crippen LogP contribution in [0.4, 0.5) is 5.95 Å². The van der Waals surface area contributed by atoms with Gasteiger partial charge >= 0.3 is 0 Å². The zero-order valence-corrected chi connectivity index (χ0v) is 12.4. The van der Waals surface area contributed by atoms with Crippen molar-refractivity contribution in [3.8, 4) is 0 Å². The van der Waals surface area contributed by atoms with Gasteiger partial charge in [-0.15, -0.1) is 5.10 Å². The monoisotopic (exact) mass is 291 g/mol. The lowest BCUT2D eigenvalue weighted by Gasteiger charge is -2.07. The molecule has 1 aliphatic rings. The zero-order valence-electron chi connectivity index (χ0n) is 11.6. The van der Waals surface area contributed by atoms with Crippen molar-refractivity contribution < 1.29 is 0 Å². The van der Waals surface area contributed by atoms with Gasteiger partial charge in [0, 0.05) is 18.3 Å². The molecular weight excluding hydrogens is 274 g/mol. The fourth-order valence-corrected chi connectivity index (χ4v) is 2.61. The van der Waals surface area contributed by atoms with Gasteiger partial charge in [0.25, 0.3) is 0 Å². The van der Waals surface area contributed by atoms with Crippen molar-refractivity contribution >= 4 is 17.7 Å². The number of tetrazole rings is 1. The summed E-state index contributed by atoms with van der Waals surface area (Å²) in [5.74, 6) is 0.658. The molecule has 20 heavy (non-hydrogen) atoms. The van der Waals surface area contributed by atoms with Crippen LogP contribution in [0, 0.1) is 6.92 Å². The minimum absolute atomic E-state index is 0.465. The third kappa shape index (κ3) is 2.90. The SMILES string of the molecule is CCCNc1ncc(C)c(Sc2nnnn2C2CC2)n1. The zero-order chi connectivity index (χ0) is 13.9. The first-order chi connectivity index (χ1) is 9.78. The fourth-order valence-electron chi connectivity index (χ4n) is 1.74. The van der Waals surface area contributed by atoms with E-state index in [2.05, 4.69) is 37.7 Å². The summed E-state index contributed by atoms with van der Waals surface area (Å²) in [5, 5.41) is 16.8. The molecule has 1 saturated carbocycles. The number of nitrogens with zero attached hydrogens (tertiary/aromatic N) is 6. The van der Waals surface area contributed by atoms with Crippen LogP contribution >= 0.6 is 11.8 Å². The van der Waals surface area contributed by atoms with Gasteiger partial charge in [0.15, 0.2) is 0 Å². The molecule has 0 radical (unpaired) electrons. The van der Waals surface area contributed by atoms with E-state index in [1.165, 1.54) is 11.8 Å². The molecule has 0 atom stereocenters. The maximum absolute atomic E-state index is 4.54. The Morgan fingerprint density at radius 3 is 3.05 bits per heavy atom. The minimum atomic E-state index is 0.465. The van der Waals surface area contributed by atoms with Gasteiger partial charge in [-0.1, -0.05) is 6.92 Å². The molecule has 2 aromatic rings. The lowest BCUT2D eigenvalue weighted by atomic mass is 10.4. The highest BCUT2D eigenvalue weighted by molar-refractivity contribution is 7.99. The van der Waals surface area contributed by atoms with Crippen molar-refractivity contribution in [2.75, 3.05) is 11.9 Å². The second kappa shape index (κ2) is 5.74. The lowest BCUT2D eigenvalue weighted by molar-refractivity contribution is 0.565. The van der Waals surface area contributed by atoms with E-state index in [-0.39, 0.29) is 0 Å². The predicted octanol–water partition coefficient (Wildman–Crippen LogP) is 2.08. The van der Waals surface area contributed by atoms with Crippen molar-refractivity contribution in [1.29, 1.82) is 0 Å². The van der Waals surface area contributed by atoms with Gasteiger partial charge in [-0.2, -0.15) is 0 Å². The van der Waals surface area contributed by atoms with Crippen molar-refractivity contribution in [3.63, 3.8) is 0 Å². The quantitative estimate of drug-likeness (QED) is 0.816. The maximum Gasteiger partial charge on any atom is 0.223 e. The van der Waals surface area contributed by atoms with Gasteiger partial charge in [0.2, 0.25) is 11.1 Å². The molecule has 1 N–H and O–H groups in total. The Morgan fingerprint density at radius 1 is 1.45 bits per heavy atom. The standard InChI is InChI=1S/C12H17N7S/c1-3-6-13-11-14-7-8(2)10(15-11)20-12-16-17-18-19(12)9-4-5-9/h7,9H,3-6H2,1-2H3,(H,13,14,15). The summed E-state index contributed by atoms with van der Waals surface area (Å²) >= 11 is 1.50. The number of hydrogen-bond acceptors (Lipinski definition) is 7. The number of rotatable bonds is 6. The van der Waals surface area contributed by atoms with E-state index >= 15 is 0 Å². The van der Waals surface area contributed by atoms with Crippen molar-refractivity contribution in [1.82, 2.24) is 30.2 Å². The van der Waals surface area contributed by atoms with E-state index in [0.29, 0.717) is 12.0 Å². The highest BCUT2D eigenvalue weighted by atomic mass is 32.2. The molecule has 0 aromatic carbocycles. The van der Waals surface area contributed by atoms with Gasteiger partial charge in [-0.3, -0.25) is 0 Å². The summed E-state index contributed by atoms with van der Waals surface area (Å²) in [6.45, 7) is 4.98. The molecular formula is C12H17N7S. The second-order valence-electron chi connectivity index (χ2n) is 4.85. The van der Waals surface area contributed by atoms with E-state index in [1.807, 2.05) is 17.8 Å². The third-order valence-corrected chi connectivity index (χ3v) is 4.06. The molecule has 0 aliphatic heterocycles. The second-order valence-corrected chi connectivity index (χ2v) is 5.80. The molecule has 0 saturated heterocycles. The Morgan fingerprint density at radius 2 is 2.30 bits per heavy atom. The van der Waals surface area contributed by atoms with Gasteiger partial charge in [0.1, 0.15) is 5.03 Å². The number of aryl methyl sites for hydroxylation is 1. The Labute approximate surface area is 121 Å². The van der Waals surface area contributed by atoms with E-state index in [4.69, 9.17) is 0 Å². The molecule has 1 fully saturated rings. The molecule has 0 spiro atoms. The molecule has 3 rings (SSSR count). The van der Waals surface area contributed by atoms with Crippen LogP contribution in [0.2, 0.25) is 0 Å². The molecule has 7 nitrogen and oxygen atoms in total. The van der Waals surface area contributed by atoms with E-state index in [9.17, 15) is 0 Å². The van der Waals surface area contributed by atoms with Crippen LogP contribution in [0.5, 0.6) is 0 Å². The van der Waals surface area contributed by atoms with Crippen LogP contribution in [0.15, 0.2) is 16.4 Å². The third-order valence-electron chi connectivity index (χ3n) is 3.00. The Balaban J connectivity index is 1.80. The molecule has 0 amide bonds. The maximum atomic E-state index is 4.54. The van der Waals surface area contributed by atoms with E-state index in [1.54, 1.807) is 0 Å². The fraction of sp³-hybridized carbons (Fsp3) is 0.583. The van der Waals surface area contributed by atoms with Gasteiger partial charge < -0.3 is 5.32 Å². The number of hydrogen-bond donors (Lipinski definition) is 1. The highest BCUT2D eigenvalue weighted by Gasteiger charge is 2.28. The molecule has 1 aliphatic carbocycles. The first kappa shape index (κ1) is 13.3. The van der Waals surface area contributed by atoms with Gasteiger partial charge in [-0.25, -0.2) is 14.6 Å². The summed E-state index contributed by atoms with van der Waals surface area (Å²) in [6.07, 6.45) is 5.19. The predicted molar refractivity (Wildman–Crippen MR) is 75.8 cm³/mol. The first-order valence-corrected chi connectivity index (χ1v) is 7.63. The summed E-state index contributed by atoms with van der Waals surface area (Å²) < 4.78 is 1.89. The molecule has 0 bridgehead atoms. The summed E-state index contributed by atoms with van der Waals surface area (Å²) in [4.78, 5) is 8.82. The topological polar surface area (TPSA) is 81.4 Å². The van der Waals surface area contributed by atoms with Crippen LogP contribution in [-0.2, 0) is 0 Å². The van der Waals surface area contributed by atoms with E-state index in [0.717, 1.165) is 41.6 Å². The Kier molecular flexibility index (Phi) is 3.81. The van der Waals surface area contributed by atoms with E-state index < -0.39 is 0 Å². The van der Waals surface area contributed by atoms with Gasteiger partial charge in [-0.05, 0) is 48.4 Å². The summed E-state index contributed by atoms with van der Waals surface area (Å²) in [7, 11) is 0. The molecule has 2 heterocycles. The normalized spacial score (nSPS) is 14.5. The summed E-state index contributed by atoms with van der Waals surface area (Å²) in [5.41, 5.74) is 1.03. The summed E-state index contributed by atoms with van der Waals surface area (Å²) in [6, 6.07) is 0.465. The minimum Gasteiger partial charge on any atom is -0.354 e. The van der Waals surface area contributed by atoms with Gasteiger partial charge in [0.05, 0.1) is 6.04 Å². The lowest BCUT2D eigenvalue weighted by Crippen LogP contribution is -2.05. The average molecular weight is 291 g/mol. The largest absolute Gasteiger partial charge is 0.354 e. The Hall–Kier alpha value is -1.70. The van der Waals surface area contributed by atoms with Crippen LogP contribution in [0.3, 0.4) is 0 Å². The smallest absolute Gasteiger partial charge is 0.223 e. The molecule has 0 unspecified atom stereocenters. The molecule has 2 aromatic heterocycles. The first-order valence-electron chi connectivity index (χ1n) is 6.81.